The van der Waals surface area contributed by atoms with Gasteiger partial charge in [0.1, 0.15) is 24.2 Å². The molecule has 2 aromatic carbocycles. The van der Waals surface area contributed by atoms with E-state index in [4.69, 9.17) is 32.7 Å². The van der Waals surface area contributed by atoms with Crippen LogP contribution < -0.4 is 0 Å². The van der Waals surface area contributed by atoms with Crippen LogP contribution in [-0.2, 0) is 31.9 Å². The Bertz CT molecular complexity index is 1170. The first-order valence-electron chi connectivity index (χ1n) is 9.19. The van der Waals surface area contributed by atoms with Gasteiger partial charge in [-0.05, 0) is 35.0 Å². The van der Waals surface area contributed by atoms with Gasteiger partial charge in [0.05, 0.1) is 11.6 Å². The zero-order chi connectivity index (χ0) is 22.2. The van der Waals surface area contributed by atoms with Crippen LogP contribution in [0.4, 0.5) is 0 Å². The lowest BCUT2D eigenvalue weighted by Crippen LogP contribution is -2.36. The van der Waals surface area contributed by atoms with E-state index >= 15 is 0 Å². The molecule has 12 heteroatoms. The van der Waals surface area contributed by atoms with E-state index in [2.05, 4.69) is 15.5 Å². The third-order valence-electron chi connectivity index (χ3n) is 4.99. The van der Waals surface area contributed by atoms with Crippen molar-refractivity contribution < 1.29 is 22.4 Å². The molecule has 0 bridgehead atoms. The van der Waals surface area contributed by atoms with E-state index in [-0.39, 0.29) is 18.2 Å². The fourth-order valence-corrected chi connectivity index (χ4v) is 5.16. The number of nitrogens with zero attached hydrogens (tertiary/aromatic N) is 4. The van der Waals surface area contributed by atoms with Crippen molar-refractivity contribution in [2.24, 2.45) is 0 Å². The summed E-state index contributed by atoms with van der Waals surface area (Å²) in [5.74, 6) is -1.50. The smallest absolute Gasteiger partial charge is 0.274 e. The number of ether oxygens (including phenoxy) is 2. The molecule has 1 aliphatic heterocycles. The van der Waals surface area contributed by atoms with Crippen LogP contribution in [0, 0.1) is 6.92 Å². The first kappa shape index (κ1) is 22.1. The van der Waals surface area contributed by atoms with Gasteiger partial charge in [0.15, 0.2) is 0 Å². The fourth-order valence-electron chi connectivity index (χ4n) is 3.59. The number of hydrogen-bond donors (Lipinski definition) is 1. The second kappa shape index (κ2) is 8.45. The van der Waals surface area contributed by atoms with E-state index in [0.717, 1.165) is 5.56 Å². The molecule has 3 aromatic rings. The van der Waals surface area contributed by atoms with Gasteiger partial charge in [0, 0.05) is 10.6 Å². The molecule has 0 saturated carbocycles. The molecule has 9 nitrogen and oxygen atoms in total. The number of aryl methyl sites for hydroxylation is 1. The highest BCUT2D eigenvalue weighted by molar-refractivity contribution is 7.86. The van der Waals surface area contributed by atoms with Crippen LogP contribution >= 0.6 is 23.2 Å². The maximum absolute atomic E-state index is 12.3. The second-order valence-electron chi connectivity index (χ2n) is 7.20. The molecular formula is C19H18Cl2N4O5S. The summed E-state index contributed by atoms with van der Waals surface area (Å²) >= 11 is 12.4. The quantitative estimate of drug-likeness (QED) is 0.530. The molecule has 1 aliphatic rings. The molecule has 1 N–H and O–H groups in total. The van der Waals surface area contributed by atoms with Gasteiger partial charge in [0.25, 0.3) is 10.1 Å². The lowest BCUT2D eigenvalue weighted by molar-refractivity contribution is -0.189. The predicted molar refractivity (Wildman–Crippen MR) is 112 cm³/mol. The van der Waals surface area contributed by atoms with E-state index in [0.29, 0.717) is 16.1 Å². The largest absolute Gasteiger partial charge is 0.342 e. The summed E-state index contributed by atoms with van der Waals surface area (Å²) < 4.78 is 48.2. The van der Waals surface area contributed by atoms with Crippen molar-refractivity contribution in [3.8, 4) is 0 Å². The van der Waals surface area contributed by atoms with Gasteiger partial charge in [-0.15, -0.1) is 5.10 Å². The summed E-state index contributed by atoms with van der Waals surface area (Å²) in [6.07, 6.45) is 0.340. The molecule has 1 saturated heterocycles. The average molecular weight is 485 g/mol. The summed E-state index contributed by atoms with van der Waals surface area (Å²) in [6, 6.07) is 11.6. The molecule has 1 unspecified atom stereocenters. The minimum absolute atomic E-state index is 0.00997. The Morgan fingerprint density at radius 3 is 2.61 bits per heavy atom. The zero-order valence-electron chi connectivity index (χ0n) is 16.2. The first-order chi connectivity index (χ1) is 14.7. The monoisotopic (exact) mass is 484 g/mol. The maximum Gasteiger partial charge on any atom is 0.274 e. The molecule has 0 amide bonds. The topological polar surface area (TPSA) is 116 Å². The zero-order valence-corrected chi connectivity index (χ0v) is 18.5. The standard InChI is InChI=1S/C19H18Cl2N4O5S/c1-12-2-4-13(5-3-12)18(31(26,27)28)17-9-29-19(30-17,10-25-11-22-23-24-25)15-7-6-14(20)8-16(15)21/h2-8,11,17-18H,9-10H2,1H3,(H,26,27,28)/t17-,18?,19+/m0/s1. The molecule has 2 heterocycles. The minimum atomic E-state index is -4.53. The van der Waals surface area contributed by atoms with Crippen LogP contribution in [0.5, 0.6) is 0 Å². The van der Waals surface area contributed by atoms with Gasteiger partial charge in [-0.3, -0.25) is 4.55 Å². The van der Waals surface area contributed by atoms with Crippen molar-refractivity contribution in [1.29, 1.82) is 0 Å². The molecule has 31 heavy (non-hydrogen) atoms. The van der Waals surface area contributed by atoms with Crippen LogP contribution in [0.3, 0.4) is 0 Å². The van der Waals surface area contributed by atoms with E-state index in [1.54, 1.807) is 36.4 Å². The third kappa shape index (κ3) is 4.59. The van der Waals surface area contributed by atoms with Crippen molar-refractivity contribution in [2.45, 2.75) is 30.6 Å². The van der Waals surface area contributed by atoms with Crippen LogP contribution in [0.25, 0.3) is 0 Å². The molecule has 1 aromatic heterocycles. The highest BCUT2D eigenvalue weighted by Gasteiger charge is 2.50. The first-order valence-corrected chi connectivity index (χ1v) is 11.4. The predicted octanol–water partition coefficient (Wildman–Crippen LogP) is 3.19. The van der Waals surface area contributed by atoms with E-state index < -0.39 is 27.3 Å². The van der Waals surface area contributed by atoms with Crippen LogP contribution in [-0.4, -0.2) is 45.9 Å². The van der Waals surface area contributed by atoms with E-state index in [9.17, 15) is 13.0 Å². The minimum Gasteiger partial charge on any atom is -0.342 e. The number of rotatable bonds is 6. The molecule has 164 valence electrons. The van der Waals surface area contributed by atoms with Gasteiger partial charge in [-0.1, -0.05) is 59.1 Å². The molecule has 0 aliphatic carbocycles. The normalized spacial score (nSPS) is 22.5. The highest BCUT2D eigenvalue weighted by Crippen LogP contribution is 2.44. The Balaban J connectivity index is 1.75. The molecule has 1 fully saturated rings. The van der Waals surface area contributed by atoms with Crippen LogP contribution in [0.15, 0.2) is 48.8 Å². The molecule has 0 spiro atoms. The number of halogens is 2. The molecular weight excluding hydrogens is 467 g/mol. The maximum atomic E-state index is 12.3. The Hall–Kier alpha value is -2.08. The van der Waals surface area contributed by atoms with Crippen molar-refractivity contribution in [2.75, 3.05) is 6.61 Å². The summed E-state index contributed by atoms with van der Waals surface area (Å²) in [5.41, 5.74) is 1.75. The lowest BCUT2D eigenvalue weighted by Gasteiger charge is -2.30. The second-order valence-corrected chi connectivity index (χ2v) is 9.58. The Morgan fingerprint density at radius 2 is 2.00 bits per heavy atom. The summed E-state index contributed by atoms with van der Waals surface area (Å²) in [6.45, 7) is 1.74. The van der Waals surface area contributed by atoms with Crippen molar-refractivity contribution >= 4 is 33.3 Å². The number of hydrogen-bond acceptors (Lipinski definition) is 7. The summed E-state index contributed by atoms with van der Waals surface area (Å²) in [7, 11) is -4.53. The summed E-state index contributed by atoms with van der Waals surface area (Å²) in [4.78, 5) is 0. The third-order valence-corrected chi connectivity index (χ3v) is 6.76. The Labute approximate surface area is 188 Å². The van der Waals surface area contributed by atoms with Crippen LogP contribution in [0.1, 0.15) is 21.9 Å². The van der Waals surface area contributed by atoms with Gasteiger partial charge in [-0.2, -0.15) is 8.42 Å². The fraction of sp³-hybridized carbons (Fsp3) is 0.316. The average Bonchev–Trinajstić information content (AvgIpc) is 3.33. The Morgan fingerprint density at radius 1 is 1.26 bits per heavy atom. The lowest BCUT2D eigenvalue weighted by atomic mass is 10.0. The number of aromatic nitrogens is 4. The van der Waals surface area contributed by atoms with Crippen molar-refractivity contribution in [3.05, 3.63) is 75.5 Å². The SMILES string of the molecule is Cc1ccc(C([C@@H]2CO[C@@](Cn3cnnn3)(c3ccc(Cl)cc3Cl)O2)S(=O)(=O)O)cc1. The Kier molecular flexibility index (Phi) is 6.03. The van der Waals surface area contributed by atoms with Crippen LogP contribution in [0.2, 0.25) is 10.0 Å². The summed E-state index contributed by atoms with van der Waals surface area (Å²) in [5, 5.41) is 10.4. The van der Waals surface area contributed by atoms with Crippen molar-refractivity contribution in [1.82, 2.24) is 20.2 Å². The van der Waals surface area contributed by atoms with E-state index in [1.165, 1.54) is 17.1 Å². The van der Waals surface area contributed by atoms with Gasteiger partial charge in [0.2, 0.25) is 5.79 Å². The molecule has 4 rings (SSSR count). The molecule has 3 atom stereocenters. The number of tetrazole rings is 1. The van der Waals surface area contributed by atoms with Gasteiger partial charge < -0.3 is 9.47 Å². The van der Waals surface area contributed by atoms with Gasteiger partial charge >= 0.3 is 0 Å². The number of benzene rings is 2. The molecule has 0 radical (unpaired) electrons. The van der Waals surface area contributed by atoms with E-state index in [1.807, 2.05) is 6.92 Å². The van der Waals surface area contributed by atoms with Gasteiger partial charge in [-0.25, -0.2) is 4.68 Å². The van der Waals surface area contributed by atoms with Crippen molar-refractivity contribution in [3.63, 3.8) is 0 Å². The highest BCUT2D eigenvalue weighted by atomic mass is 35.5.